The molecule has 1 aliphatic rings. The highest BCUT2D eigenvalue weighted by molar-refractivity contribution is 9.11. The second kappa shape index (κ2) is 5.98. The molecule has 1 aromatic heterocycles. The van der Waals surface area contributed by atoms with E-state index >= 15 is 0 Å². The van der Waals surface area contributed by atoms with Crippen LogP contribution >= 0.6 is 27.3 Å². The van der Waals surface area contributed by atoms with Gasteiger partial charge in [0, 0.05) is 10.9 Å². The van der Waals surface area contributed by atoms with Crippen LogP contribution in [0.5, 0.6) is 0 Å². The monoisotopic (exact) mass is 395 g/mol. The molecular weight excluding hydrogens is 378 g/mol. The molecule has 0 aromatic carbocycles. The first-order valence-corrected chi connectivity index (χ1v) is 9.78. The van der Waals surface area contributed by atoms with Crippen LogP contribution in [0, 0.1) is 12.3 Å². The predicted octanol–water partition coefficient (Wildman–Crippen LogP) is 3.13. The summed E-state index contributed by atoms with van der Waals surface area (Å²) in [6.07, 6.45) is 2.68. The van der Waals surface area contributed by atoms with Crippen molar-refractivity contribution in [1.82, 2.24) is 4.72 Å². The Hall–Kier alpha value is -0.440. The minimum Gasteiger partial charge on any atom is -0.481 e. The van der Waals surface area contributed by atoms with E-state index < -0.39 is 27.4 Å². The highest BCUT2D eigenvalue weighted by Crippen LogP contribution is 2.38. The Bertz CT molecular complexity index is 655. The summed E-state index contributed by atoms with van der Waals surface area (Å²) >= 11 is 4.62. The van der Waals surface area contributed by atoms with Crippen LogP contribution in [0.25, 0.3) is 0 Å². The Labute approximate surface area is 136 Å². The van der Waals surface area contributed by atoms with E-state index in [0.717, 1.165) is 16.6 Å². The van der Waals surface area contributed by atoms with Crippen molar-refractivity contribution in [3.8, 4) is 0 Å². The van der Waals surface area contributed by atoms with Gasteiger partial charge in [-0.2, -0.15) is 0 Å². The number of hydrogen-bond donors (Lipinski definition) is 2. The number of aryl methyl sites for hydroxylation is 1. The van der Waals surface area contributed by atoms with Gasteiger partial charge in [0.25, 0.3) is 0 Å². The van der Waals surface area contributed by atoms with Gasteiger partial charge in [-0.1, -0.05) is 12.8 Å². The van der Waals surface area contributed by atoms with Crippen molar-refractivity contribution in [2.75, 3.05) is 0 Å². The summed E-state index contributed by atoms with van der Waals surface area (Å²) in [5, 5.41) is 9.45. The zero-order valence-corrected chi connectivity index (χ0v) is 15.1. The van der Waals surface area contributed by atoms with Gasteiger partial charge in [0.2, 0.25) is 10.0 Å². The standard InChI is InChI=1S/C13H18BrNO4S2/c1-8-9(7-11(14)20-8)21(18,19)15-10-5-3-4-6-13(10,2)12(16)17/h7,10,15H,3-6H2,1-2H3,(H,16,17). The molecule has 21 heavy (non-hydrogen) atoms. The largest absolute Gasteiger partial charge is 0.481 e. The van der Waals surface area contributed by atoms with E-state index in [1.807, 2.05) is 0 Å². The van der Waals surface area contributed by atoms with Gasteiger partial charge >= 0.3 is 5.97 Å². The molecule has 0 spiro atoms. The maximum absolute atomic E-state index is 12.5. The van der Waals surface area contributed by atoms with E-state index in [0.29, 0.717) is 17.7 Å². The van der Waals surface area contributed by atoms with Gasteiger partial charge in [-0.25, -0.2) is 13.1 Å². The zero-order chi connectivity index (χ0) is 15.8. The summed E-state index contributed by atoms with van der Waals surface area (Å²) in [6.45, 7) is 3.36. The molecule has 2 N–H and O–H groups in total. The van der Waals surface area contributed by atoms with E-state index in [4.69, 9.17) is 0 Å². The average molecular weight is 396 g/mol. The Morgan fingerprint density at radius 2 is 2.19 bits per heavy atom. The molecule has 0 saturated heterocycles. The van der Waals surface area contributed by atoms with Crippen molar-refractivity contribution in [3.63, 3.8) is 0 Å². The molecule has 1 fully saturated rings. The number of carboxylic acid groups (broad SMARTS) is 1. The average Bonchev–Trinajstić information content (AvgIpc) is 2.72. The second-order valence-electron chi connectivity index (χ2n) is 5.61. The van der Waals surface area contributed by atoms with Gasteiger partial charge in [0.1, 0.15) is 0 Å². The van der Waals surface area contributed by atoms with Gasteiger partial charge in [-0.05, 0) is 48.7 Å². The van der Waals surface area contributed by atoms with Crippen LogP contribution in [-0.4, -0.2) is 25.5 Å². The molecule has 1 saturated carbocycles. The summed E-state index contributed by atoms with van der Waals surface area (Å²) in [4.78, 5) is 12.4. The minimum atomic E-state index is -3.71. The number of thiophene rings is 1. The lowest BCUT2D eigenvalue weighted by molar-refractivity contribution is -0.151. The zero-order valence-electron chi connectivity index (χ0n) is 11.8. The fraction of sp³-hybridized carbons (Fsp3) is 0.615. The van der Waals surface area contributed by atoms with Crippen LogP contribution < -0.4 is 4.72 Å². The number of halogens is 1. The third-order valence-corrected chi connectivity index (χ3v) is 7.41. The van der Waals surface area contributed by atoms with Crippen LogP contribution in [0.15, 0.2) is 14.7 Å². The predicted molar refractivity (Wildman–Crippen MR) is 85.1 cm³/mol. The van der Waals surface area contributed by atoms with E-state index in [9.17, 15) is 18.3 Å². The molecule has 2 rings (SSSR count). The molecule has 1 aliphatic carbocycles. The van der Waals surface area contributed by atoms with E-state index in [2.05, 4.69) is 20.7 Å². The number of carboxylic acids is 1. The molecule has 5 nitrogen and oxygen atoms in total. The summed E-state index contributed by atoms with van der Waals surface area (Å²) in [5.74, 6) is -0.946. The molecule has 1 heterocycles. The number of nitrogens with one attached hydrogen (secondary N) is 1. The lowest BCUT2D eigenvalue weighted by atomic mass is 9.72. The summed E-state index contributed by atoms with van der Waals surface area (Å²) in [5.41, 5.74) is -1.05. The maximum atomic E-state index is 12.5. The molecule has 0 radical (unpaired) electrons. The Morgan fingerprint density at radius 1 is 1.52 bits per heavy atom. The molecule has 118 valence electrons. The lowest BCUT2D eigenvalue weighted by Gasteiger charge is -2.38. The Morgan fingerprint density at radius 3 is 2.71 bits per heavy atom. The number of carbonyl (C=O) groups is 1. The second-order valence-corrected chi connectivity index (χ2v) is 9.93. The third kappa shape index (κ3) is 3.33. The number of hydrogen-bond acceptors (Lipinski definition) is 4. The van der Waals surface area contributed by atoms with E-state index in [1.165, 1.54) is 11.3 Å². The van der Waals surface area contributed by atoms with E-state index in [-0.39, 0.29) is 4.90 Å². The normalized spacial score (nSPS) is 26.7. The van der Waals surface area contributed by atoms with Crippen molar-refractivity contribution >= 4 is 43.3 Å². The van der Waals surface area contributed by atoms with Crippen molar-refractivity contribution in [1.29, 1.82) is 0 Å². The Balaban J connectivity index is 2.31. The van der Waals surface area contributed by atoms with Crippen molar-refractivity contribution in [2.24, 2.45) is 5.41 Å². The first-order valence-electron chi connectivity index (χ1n) is 6.68. The lowest BCUT2D eigenvalue weighted by Crippen LogP contribution is -2.52. The minimum absolute atomic E-state index is 0.220. The van der Waals surface area contributed by atoms with Crippen molar-refractivity contribution in [2.45, 2.75) is 50.5 Å². The van der Waals surface area contributed by atoms with Gasteiger partial charge in [0.05, 0.1) is 14.1 Å². The summed E-state index contributed by atoms with van der Waals surface area (Å²) in [7, 11) is -3.71. The van der Waals surface area contributed by atoms with Crippen molar-refractivity contribution in [3.05, 3.63) is 14.7 Å². The van der Waals surface area contributed by atoms with E-state index in [1.54, 1.807) is 19.9 Å². The first-order chi connectivity index (χ1) is 9.67. The van der Waals surface area contributed by atoms with Gasteiger partial charge in [-0.3, -0.25) is 4.79 Å². The fourth-order valence-corrected chi connectivity index (χ4v) is 6.52. The summed E-state index contributed by atoms with van der Waals surface area (Å²) in [6, 6.07) is 0.982. The molecule has 0 amide bonds. The Kier molecular flexibility index (Phi) is 4.82. The van der Waals surface area contributed by atoms with Crippen LogP contribution in [0.2, 0.25) is 0 Å². The molecule has 0 aliphatic heterocycles. The highest BCUT2D eigenvalue weighted by Gasteiger charge is 2.45. The smallest absolute Gasteiger partial charge is 0.310 e. The number of rotatable bonds is 4. The summed E-state index contributed by atoms with van der Waals surface area (Å²) < 4.78 is 28.4. The topological polar surface area (TPSA) is 83.5 Å². The highest BCUT2D eigenvalue weighted by atomic mass is 79.9. The molecule has 1 aromatic rings. The molecular formula is C13H18BrNO4S2. The van der Waals surface area contributed by atoms with Gasteiger partial charge in [0.15, 0.2) is 0 Å². The first kappa shape index (κ1) is 16.9. The number of aliphatic carboxylic acids is 1. The van der Waals surface area contributed by atoms with Crippen LogP contribution in [-0.2, 0) is 14.8 Å². The third-order valence-electron chi connectivity index (χ3n) is 4.13. The molecule has 8 heteroatoms. The van der Waals surface area contributed by atoms with Crippen LogP contribution in [0.4, 0.5) is 0 Å². The SMILES string of the molecule is Cc1sc(Br)cc1S(=O)(=O)NC1CCCCC1(C)C(=O)O. The van der Waals surface area contributed by atoms with Crippen LogP contribution in [0.1, 0.15) is 37.5 Å². The van der Waals surface area contributed by atoms with Gasteiger partial charge in [-0.15, -0.1) is 11.3 Å². The van der Waals surface area contributed by atoms with Crippen molar-refractivity contribution < 1.29 is 18.3 Å². The quantitative estimate of drug-likeness (QED) is 0.819. The van der Waals surface area contributed by atoms with Gasteiger partial charge < -0.3 is 5.11 Å². The maximum Gasteiger partial charge on any atom is 0.310 e. The molecule has 2 unspecified atom stereocenters. The fourth-order valence-electron chi connectivity index (χ4n) is 2.73. The van der Waals surface area contributed by atoms with Crippen LogP contribution in [0.3, 0.4) is 0 Å². The molecule has 2 atom stereocenters. The molecule has 0 bridgehead atoms. The number of sulfonamides is 1.